The number of aliphatic carboxylic acids is 2. The molecule has 0 aromatic heterocycles. The first-order valence-electron chi connectivity index (χ1n) is 9.76. The molecule has 25 heavy (non-hydrogen) atoms. The third-order valence-electron chi connectivity index (χ3n) is 5.43. The zero-order chi connectivity index (χ0) is 18.8. The lowest BCUT2D eigenvalue weighted by Crippen LogP contribution is -2.53. The maximum absolute atomic E-state index is 9.90. The van der Waals surface area contributed by atoms with Gasteiger partial charge in [0.05, 0.1) is 0 Å². The molecule has 6 heteroatoms. The molecule has 2 aliphatic rings. The van der Waals surface area contributed by atoms with E-state index in [1.807, 2.05) is 0 Å². The van der Waals surface area contributed by atoms with Crippen molar-refractivity contribution in [2.24, 2.45) is 11.5 Å². The van der Waals surface area contributed by atoms with Gasteiger partial charge in [-0.15, -0.1) is 0 Å². The fourth-order valence-electron chi connectivity index (χ4n) is 4.12. The first-order valence-corrected chi connectivity index (χ1v) is 9.76. The van der Waals surface area contributed by atoms with Crippen molar-refractivity contribution in [2.75, 3.05) is 0 Å². The average Bonchev–Trinajstić information content (AvgIpc) is 2.52. The van der Waals surface area contributed by atoms with Crippen molar-refractivity contribution in [1.29, 1.82) is 0 Å². The molecule has 0 saturated heterocycles. The molecular weight excluding hydrogens is 320 g/mol. The number of carboxylic acids is 2. The number of rotatable bonds is 7. The van der Waals surface area contributed by atoms with E-state index in [-0.39, 0.29) is 23.9 Å². The molecule has 0 radical (unpaired) electrons. The predicted octanol–water partition coefficient (Wildman–Crippen LogP) is 3.42. The second-order valence-electron chi connectivity index (χ2n) is 8.02. The summed E-state index contributed by atoms with van der Waals surface area (Å²) >= 11 is 0. The van der Waals surface area contributed by atoms with Gasteiger partial charge >= 0.3 is 11.9 Å². The second-order valence-corrected chi connectivity index (χ2v) is 8.02. The van der Waals surface area contributed by atoms with Crippen molar-refractivity contribution in [3.63, 3.8) is 0 Å². The number of nitrogens with two attached hydrogens (primary N) is 2. The fourth-order valence-corrected chi connectivity index (χ4v) is 4.12. The summed E-state index contributed by atoms with van der Waals surface area (Å²) in [7, 11) is 0. The van der Waals surface area contributed by atoms with Crippen LogP contribution in [0.4, 0.5) is 0 Å². The highest BCUT2D eigenvalue weighted by Crippen LogP contribution is 2.37. The number of carboxylic acid groups (broad SMARTS) is 2. The Morgan fingerprint density at radius 2 is 1.00 bits per heavy atom. The molecule has 6 N–H and O–H groups in total. The van der Waals surface area contributed by atoms with Crippen LogP contribution in [-0.2, 0) is 9.59 Å². The van der Waals surface area contributed by atoms with Crippen molar-refractivity contribution in [2.45, 2.75) is 107 Å². The SMILES string of the molecule is NC1(CC2(N)CCCCC2)CCCCC1.O=C(O)CCCCC(=O)O. The van der Waals surface area contributed by atoms with Gasteiger partial charge in [0, 0.05) is 23.9 Å². The van der Waals surface area contributed by atoms with Crippen molar-refractivity contribution in [3.8, 4) is 0 Å². The molecule has 6 nitrogen and oxygen atoms in total. The molecular formula is C19H36N2O4. The van der Waals surface area contributed by atoms with E-state index in [1.54, 1.807) is 0 Å². The van der Waals surface area contributed by atoms with Gasteiger partial charge in [-0.2, -0.15) is 0 Å². The predicted molar refractivity (Wildman–Crippen MR) is 98.4 cm³/mol. The Morgan fingerprint density at radius 3 is 1.28 bits per heavy atom. The molecule has 146 valence electrons. The minimum Gasteiger partial charge on any atom is -0.481 e. The quantitative estimate of drug-likeness (QED) is 0.518. The highest BCUT2D eigenvalue weighted by Gasteiger charge is 2.37. The van der Waals surface area contributed by atoms with Crippen LogP contribution in [0.3, 0.4) is 0 Å². The molecule has 2 saturated carbocycles. The molecule has 0 unspecified atom stereocenters. The van der Waals surface area contributed by atoms with Crippen LogP contribution in [0.25, 0.3) is 0 Å². The maximum atomic E-state index is 9.90. The topological polar surface area (TPSA) is 127 Å². The van der Waals surface area contributed by atoms with Crippen LogP contribution >= 0.6 is 0 Å². The molecule has 0 aromatic carbocycles. The van der Waals surface area contributed by atoms with Crippen LogP contribution in [0, 0.1) is 0 Å². The van der Waals surface area contributed by atoms with E-state index in [2.05, 4.69) is 0 Å². The molecule has 0 amide bonds. The maximum Gasteiger partial charge on any atom is 0.303 e. The summed E-state index contributed by atoms with van der Waals surface area (Å²) in [5.41, 5.74) is 13.1. The van der Waals surface area contributed by atoms with Gasteiger partial charge in [-0.05, 0) is 44.9 Å². The lowest BCUT2D eigenvalue weighted by molar-refractivity contribution is -0.139. The fraction of sp³-hybridized carbons (Fsp3) is 0.895. The molecule has 0 aliphatic heterocycles. The normalized spacial score (nSPS) is 21.7. The third kappa shape index (κ3) is 9.80. The van der Waals surface area contributed by atoms with Crippen LogP contribution in [0.2, 0.25) is 0 Å². The Balaban J connectivity index is 0.000000275. The Hall–Kier alpha value is -1.14. The van der Waals surface area contributed by atoms with Crippen LogP contribution in [-0.4, -0.2) is 33.2 Å². The zero-order valence-electron chi connectivity index (χ0n) is 15.5. The molecule has 0 atom stereocenters. The van der Waals surface area contributed by atoms with E-state index in [9.17, 15) is 9.59 Å². The second kappa shape index (κ2) is 10.8. The van der Waals surface area contributed by atoms with E-state index in [1.165, 1.54) is 64.2 Å². The lowest BCUT2D eigenvalue weighted by atomic mass is 9.69. The van der Waals surface area contributed by atoms with Crippen LogP contribution in [0.5, 0.6) is 0 Å². The van der Waals surface area contributed by atoms with Gasteiger partial charge in [-0.1, -0.05) is 38.5 Å². The van der Waals surface area contributed by atoms with Crippen molar-refractivity contribution in [3.05, 3.63) is 0 Å². The minimum atomic E-state index is -0.870. The Kier molecular flexibility index (Phi) is 9.43. The molecule has 0 spiro atoms. The zero-order valence-corrected chi connectivity index (χ0v) is 15.5. The summed E-state index contributed by atoms with van der Waals surface area (Å²) in [6.45, 7) is 0. The highest BCUT2D eigenvalue weighted by atomic mass is 16.4. The van der Waals surface area contributed by atoms with Crippen LogP contribution < -0.4 is 11.5 Å². The van der Waals surface area contributed by atoms with Crippen molar-refractivity contribution >= 4 is 11.9 Å². The molecule has 2 rings (SSSR count). The van der Waals surface area contributed by atoms with E-state index in [0.717, 1.165) is 6.42 Å². The molecule has 0 bridgehead atoms. The van der Waals surface area contributed by atoms with Gasteiger partial charge in [0.25, 0.3) is 0 Å². The number of hydrogen-bond donors (Lipinski definition) is 4. The summed E-state index contributed by atoms with van der Waals surface area (Å²) in [5, 5.41) is 16.3. The monoisotopic (exact) mass is 356 g/mol. The van der Waals surface area contributed by atoms with Crippen LogP contribution in [0.15, 0.2) is 0 Å². The van der Waals surface area contributed by atoms with Gasteiger partial charge in [0.2, 0.25) is 0 Å². The third-order valence-corrected chi connectivity index (χ3v) is 5.43. The highest BCUT2D eigenvalue weighted by molar-refractivity contribution is 5.67. The molecule has 2 aliphatic carbocycles. The first kappa shape index (κ1) is 21.9. The van der Waals surface area contributed by atoms with Crippen molar-refractivity contribution < 1.29 is 19.8 Å². The van der Waals surface area contributed by atoms with Crippen molar-refractivity contribution in [1.82, 2.24) is 0 Å². The summed E-state index contributed by atoms with van der Waals surface area (Å²) in [4.78, 5) is 19.8. The van der Waals surface area contributed by atoms with E-state index in [4.69, 9.17) is 21.7 Å². The molecule has 0 aromatic rings. The van der Waals surface area contributed by atoms with Gasteiger partial charge in [-0.3, -0.25) is 9.59 Å². The minimum absolute atomic E-state index is 0.0628. The molecule has 0 heterocycles. The smallest absolute Gasteiger partial charge is 0.303 e. The number of carbonyl (C=O) groups is 2. The summed E-state index contributed by atoms with van der Waals surface area (Å²) in [6.07, 6.45) is 14.9. The van der Waals surface area contributed by atoms with Gasteiger partial charge in [-0.25, -0.2) is 0 Å². The van der Waals surface area contributed by atoms with Crippen LogP contribution in [0.1, 0.15) is 96.3 Å². The lowest BCUT2D eigenvalue weighted by Gasteiger charge is -2.43. The van der Waals surface area contributed by atoms with Gasteiger partial charge in [0.1, 0.15) is 0 Å². The average molecular weight is 357 g/mol. The Bertz CT molecular complexity index is 376. The standard InChI is InChI=1S/C13H26N2.C6H10O4/c14-12(7-3-1-4-8-12)11-13(15)9-5-2-6-10-13;7-5(8)3-1-2-4-6(9)10/h1-11,14-15H2;1-4H2,(H,7,8)(H,9,10). The van der Waals surface area contributed by atoms with Gasteiger partial charge < -0.3 is 21.7 Å². The number of hydrogen-bond acceptors (Lipinski definition) is 4. The summed E-state index contributed by atoms with van der Waals surface area (Å²) in [6, 6.07) is 0. The Morgan fingerprint density at radius 1 is 0.680 bits per heavy atom. The van der Waals surface area contributed by atoms with Gasteiger partial charge in [0.15, 0.2) is 0 Å². The first-order chi connectivity index (χ1) is 11.7. The van der Waals surface area contributed by atoms with E-state index in [0.29, 0.717) is 12.8 Å². The summed E-state index contributed by atoms with van der Waals surface area (Å²) < 4.78 is 0. The molecule has 2 fully saturated rings. The number of unbranched alkanes of at least 4 members (excludes halogenated alkanes) is 1. The largest absolute Gasteiger partial charge is 0.481 e. The summed E-state index contributed by atoms with van der Waals surface area (Å²) in [5.74, 6) is -1.74. The van der Waals surface area contributed by atoms with E-state index >= 15 is 0 Å². The Labute approximate surface area is 151 Å². The van der Waals surface area contributed by atoms with E-state index < -0.39 is 11.9 Å².